The van der Waals surface area contributed by atoms with Gasteiger partial charge in [0.05, 0.1) is 26.5 Å². The Balaban J connectivity index is 1.30. The van der Waals surface area contributed by atoms with Gasteiger partial charge in [0.25, 0.3) is 11.8 Å². The highest BCUT2D eigenvalue weighted by Gasteiger charge is 2.54. The van der Waals surface area contributed by atoms with Crippen LogP contribution in [0, 0.1) is 5.82 Å². The van der Waals surface area contributed by atoms with Crippen LogP contribution in [0.1, 0.15) is 28.8 Å². The monoisotopic (exact) mass is 560 g/mol. The van der Waals surface area contributed by atoms with Gasteiger partial charge in [0.2, 0.25) is 5.91 Å². The lowest BCUT2D eigenvalue weighted by atomic mass is 9.85. The molecule has 2 saturated heterocycles. The molecule has 2 aliphatic rings. The fourth-order valence-corrected chi connectivity index (χ4v) is 5.58. The summed E-state index contributed by atoms with van der Waals surface area (Å²) >= 11 is 0. The van der Waals surface area contributed by atoms with Crippen LogP contribution in [0.25, 0.3) is 0 Å². The Morgan fingerprint density at radius 2 is 1.66 bits per heavy atom. The number of amides is 3. The predicted molar refractivity (Wildman–Crippen MR) is 151 cm³/mol. The molecule has 214 valence electrons. The van der Waals surface area contributed by atoms with E-state index in [2.05, 4.69) is 10.2 Å². The smallest absolute Gasteiger partial charge is 0.257 e. The van der Waals surface area contributed by atoms with Gasteiger partial charge in [0.1, 0.15) is 29.4 Å². The van der Waals surface area contributed by atoms with E-state index in [-0.39, 0.29) is 43.3 Å². The van der Waals surface area contributed by atoms with E-state index >= 15 is 0 Å². The summed E-state index contributed by atoms with van der Waals surface area (Å²) < 4.78 is 23.9. The van der Waals surface area contributed by atoms with Gasteiger partial charge in [-0.1, -0.05) is 30.3 Å². The molecule has 5 rings (SSSR count). The van der Waals surface area contributed by atoms with Crippen molar-refractivity contribution in [1.29, 1.82) is 0 Å². The summed E-state index contributed by atoms with van der Waals surface area (Å²) in [6.07, 6.45) is 0.831. The van der Waals surface area contributed by atoms with Crippen LogP contribution in [-0.4, -0.2) is 73.6 Å². The van der Waals surface area contributed by atoms with Gasteiger partial charge in [0.15, 0.2) is 0 Å². The van der Waals surface area contributed by atoms with Crippen molar-refractivity contribution < 1.29 is 28.2 Å². The predicted octanol–water partition coefficient (Wildman–Crippen LogP) is 3.44. The van der Waals surface area contributed by atoms with Gasteiger partial charge in [-0.15, -0.1) is 0 Å². The Hall–Kier alpha value is -4.60. The third-order valence-corrected chi connectivity index (χ3v) is 7.84. The maximum atomic E-state index is 14.0. The maximum absolute atomic E-state index is 14.0. The number of hydrogen-bond donors (Lipinski definition) is 1. The van der Waals surface area contributed by atoms with Crippen molar-refractivity contribution in [1.82, 2.24) is 15.1 Å². The number of benzene rings is 3. The van der Waals surface area contributed by atoms with Gasteiger partial charge in [-0.3, -0.25) is 14.4 Å². The Labute approximate surface area is 238 Å². The molecule has 0 bridgehead atoms. The zero-order valence-electron chi connectivity index (χ0n) is 23.1. The fraction of sp³-hybridized carbons (Fsp3) is 0.323. The maximum Gasteiger partial charge on any atom is 0.257 e. The summed E-state index contributed by atoms with van der Waals surface area (Å²) in [6, 6.07) is 20.6. The standard InChI is InChI=1S/C31H33FN4O5/c1-40-25-12-13-26(27(18-25)41-2)29(38)34-16-14-31(15-17-34)30(39)35(21-36(31)24-6-4-3-5-7-24)20-28(37)33-19-22-8-10-23(32)11-9-22/h3-13,18H,14-17,19-21H2,1-2H3,(H,33,37). The molecule has 2 aliphatic heterocycles. The molecule has 0 radical (unpaired) electrons. The summed E-state index contributed by atoms with van der Waals surface area (Å²) in [4.78, 5) is 45.6. The minimum absolute atomic E-state index is 0.100. The van der Waals surface area contributed by atoms with E-state index in [0.29, 0.717) is 43.0 Å². The zero-order valence-corrected chi connectivity index (χ0v) is 23.1. The SMILES string of the molecule is COc1ccc(C(=O)N2CCC3(CC2)C(=O)N(CC(=O)NCc2ccc(F)cc2)CN3c2ccccc2)c(OC)c1. The summed E-state index contributed by atoms with van der Waals surface area (Å²) in [5.74, 6) is 0.0699. The van der Waals surface area contributed by atoms with Crippen LogP contribution in [0.15, 0.2) is 72.8 Å². The van der Waals surface area contributed by atoms with Gasteiger partial charge in [-0.2, -0.15) is 0 Å². The van der Waals surface area contributed by atoms with Crippen LogP contribution in [0.2, 0.25) is 0 Å². The lowest BCUT2D eigenvalue weighted by Crippen LogP contribution is -2.57. The van der Waals surface area contributed by atoms with E-state index < -0.39 is 5.54 Å². The van der Waals surface area contributed by atoms with Gasteiger partial charge in [-0.05, 0) is 54.8 Å². The normalized spacial score (nSPS) is 16.2. The fourth-order valence-electron chi connectivity index (χ4n) is 5.58. The second-order valence-electron chi connectivity index (χ2n) is 10.2. The number of likely N-dealkylation sites (tertiary alicyclic amines) is 1. The molecule has 1 N–H and O–H groups in total. The number of para-hydroxylation sites is 1. The molecule has 0 saturated carbocycles. The number of piperidine rings is 1. The lowest BCUT2D eigenvalue weighted by molar-refractivity contribution is -0.137. The van der Waals surface area contributed by atoms with Gasteiger partial charge < -0.3 is 29.5 Å². The van der Waals surface area contributed by atoms with E-state index in [0.717, 1.165) is 11.3 Å². The molecule has 10 heteroatoms. The van der Waals surface area contributed by atoms with E-state index in [1.54, 1.807) is 47.2 Å². The third-order valence-electron chi connectivity index (χ3n) is 7.84. The second-order valence-corrected chi connectivity index (χ2v) is 10.2. The molecule has 0 unspecified atom stereocenters. The van der Waals surface area contributed by atoms with Crippen LogP contribution in [0.5, 0.6) is 11.5 Å². The molecule has 41 heavy (non-hydrogen) atoms. The van der Waals surface area contributed by atoms with Crippen molar-refractivity contribution in [2.45, 2.75) is 24.9 Å². The minimum Gasteiger partial charge on any atom is -0.497 e. The number of anilines is 1. The number of rotatable bonds is 8. The second kappa shape index (κ2) is 11.9. The molecular weight excluding hydrogens is 527 g/mol. The van der Waals surface area contributed by atoms with Crippen molar-refractivity contribution in [3.8, 4) is 11.5 Å². The van der Waals surface area contributed by atoms with Crippen molar-refractivity contribution in [3.05, 3.63) is 89.7 Å². The van der Waals surface area contributed by atoms with Crippen LogP contribution in [0.3, 0.4) is 0 Å². The third kappa shape index (κ3) is 5.68. The van der Waals surface area contributed by atoms with Gasteiger partial charge >= 0.3 is 0 Å². The van der Waals surface area contributed by atoms with E-state index in [1.165, 1.54) is 19.2 Å². The molecule has 2 fully saturated rings. The van der Waals surface area contributed by atoms with Crippen LogP contribution in [-0.2, 0) is 16.1 Å². The van der Waals surface area contributed by atoms with E-state index in [9.17, 15) is 18.8 Å². The molecule has 2 heterocycles. The van der Waals surface area contributed by atoms with Crippen molar-refractivity contribution in [2.75, 3.05) is 45.4 Å². The zero-order chi connectivity index (χ0) is 29.0. The van der Waals surface area contributed by atoms with Crippen LogP contribution < -0.4 is 19.7 Å². The average Bonchev–Trinajstić information content (AvgIpc) is 3.27. The molecule has 3 aromatic rings. The first-order valence-corrected chi connectivity index (χ1v) is 13.5. The quantitative estimate of drug-likeness (QED) is 0.454. The lowest BCUT2D eigenvalue weighted by Gasteiger charge is -2.43. The number of nitrogens with one attached hydrogen (secondary N) is 1. The summed E-state index contributed by atoms with van der Waals surface area (Å²) in [5.41, 5.74) is 1.20. The Bertz CT molecular complexity index is 1410. The van der Waals surface area contributed by atoms with E-state index in [1.807, 2.05) is 30.3 Å². The van der Waals surface area contributed by atoms with E-state index in [4.69, 9.17) is 9.47 Å². The van der Waals surface area contributed by atoms with Gasteiger partial charge in [0, 0.05) is 31.4 Å². The molecule has 9 nitrogen and oxygen atoms in total. The van der Waals surface area contributed by atoms with Crippen molar-refractivity contribution >= 4 is 23.4 Å². The number of hydrogen-bond acceptors (Lipinski definition) is 6. The summed E-state index contributed by atoms with van der Waals surface area (Å²) in [7, 11) is 3.06. The number of methoxy groups -OCH3 is 2. The molecule has 3 aromatic carbocycles. The van der Waals surface area contributed by atoms with Crippen molar-refractivity contribution in [3.63, 3.8) is 0 Å². The highest BCUT2D eigenvalue weighted by Crippen LogP contribution is 2.40. The summed E-state index contributed by atoms with van der Waals surface area (Å²) in [5, 5.41) is 2.82. The number of carbonyl (C=O) groups excluding carboxylic acids is 3. The first-order valence-electron chi connectivity index (χ1n) is 13.5. The first kappa shape index (κ1) is 27.9. The Kier molecular flexibility index (Phi) is 8.09. The molecule has 0 atom stereocenters. The molecule has 0 aromatic heterocycles. The molecule has 3 amide bonds. The summed E-state index contributed by atoms with van der Waals surface area (Å²) in [6.45, 7) is 1.13. The highest BCUT2D eigenvalue weighted by molar-refractivity contribution is 5.99. The van der Waals surface area contributed by atoms with Crippen molar-refractivity contribution in [2.24, 2.45) is 0 Å². The topological polar surface area (TPSA) is 91.4 Å². The minimum atomic E-state index is -0.876. The van der Waals surface area contributed by atoms with Crippen LogP contribution in [0.4, 0.5) is 10.1 Å². The Morgan fingerprint density at radius 1 is 0.951 bits per heavy atom. The number of carbonyl (C=O) groups is 3. The van der Waals surface area contributed by atoms with Crippen LogP contribution >= 0.6 is 0 Å². The number of ether oxygens (including phenoxy) is 2. The average molecular weight is 561 g/mol. The molecule has 0 aliphatic carbocycles. The first-order chi connectivity index (χ1) is 19.8. The Morgan fingerprint density at radius 3 is 2.32 bits per heavy atom. The highest BCUT2D eigenvalue weighted by atomic mass is 19.1. The van der Waals surface area contributed by atoms with Gasteiger partial charge in [-0.25, -0.2) is 4.39 Å². The molecule has 1 spiro atoms. The molecular formula is C31H33FN4O5. The number of halogens is 1. The largest absolute Gasteiger partial charge is 0.497 e. The number of nitrogens with zero attached hydrogens (tertiary/aromatic N) is 3.